The van der Waals surface area contributed by atoms with Gasteiger partial charge in [0, 0.05) is 9.86 Å². The van der Waals surface area contributed by atoms with Gasteiger partial charge in [0.25, 0.3) is 5.56 Å². The average molecular weight is 412 g/mol. The molecular formula is C17H10BrN5O3. The summed E-state index contributed by atoms with van der Waals surface area (Å²) in [6.45, 7) is 0. The molecule has 2 heterocycles. The summed E-state index contributed by atoms with van der Waals surface area (Å²) in [5, 5.41) is 18.4. The van der Waals surface area contributed by atoms with Crippen molar-refractivity contribution in [3.63, 3.8) is 0 Å². The Morgan fingerprint density at radius 3 is 2.77 bits per heavy atom. The molecule has 0 fully saturated rings. The number of nitrogens with zero attached hydrogens (tertiary/aromatic N) is 3. The topological polar surface area (TPSA) is 124 Å². The third-order valence-electron chi connectivity index (χ3n) is 3.77. The van der Waals surface area contributed by atoms with Gasteiger partial charge in [0.05, 0.1) is 16.4 Å². The molecule has 2 aromatic heterocycles. The predicted molar refractivity (Wildman–Crippen MR) is 98.9 cm³/mol. The standard InChI is InChI=1S/C17H10BrN5O3/c18-8-5-6-12-10(7-8)13(16(25)20-12)22-23-17(26)14-19-11-4-2-1-3-9(11)15(24)21-14/h1-7,20,25H,(H,19,21,24). The van der Waals surface area contributed by atoms with Gasteiger partial charge in [-0.2, -0.15) is 0 Å². The summed E-state index contributed by atoms with van der Waals surface area (Å²) in [7, 11) is 0. The number of rotatable bonds is 2. The molecule has 0 aliphatic carbocycles. The molecular weight excluding hydrogens is 402 g/mol. The molecule has 128 valence electrons. The van der Waals surface area contributed by atoms with Gasteiger partial charge < -0.3 is 15.1 Å². The number of halogens is 1. The van der Waals surface area contributed by atoms with Gasteiger partial charge >= 0.3 is 5.91 Å². The van der Waals surface area contributed by atoms with Gasteiger partial charge in [0.1, 0.15) is 0 Å². The minimum Gasteiger partial charge on any atom is -0.493 e. The third-order valence-corrected chi connectivity index (χ3v) is 4.26. The molecule has 0 atom stereocenters. The molecule has 0 saturated carbocycles. The van der Waals surface area contributed by atoms with E-state index < -0.39 is 11.5 Å². The average Bonchev–Trinajstić information content (AvgIpc) is 2.94. The Labute approximate surface area is 153 Å². The lowest BCUT2D eigenvalue weighted by Gasteiger charge is -1.98. The maximum atomic E-state index is 12.3. The Hall–Kier alpha value is -3.33. The summed E-state index contributed by atoms with van der Waals surface area (Å²) in [4.78, 5) is 33.5. The van der Waals surface area contributed by atoms with Crippen molar-refractivity contribution in [2.24, 2.45) is 10.2 Å². The van der Waals surface area contributed by atoms with E-state index >= 15 is 0 Å². The predicted octanol–water partition coefficient (Wildman–Crippen LogP) is 3.80. The first kappa shape index (κ1) is 16.2. The van der Waals surface area contributed by atoms with Crippen LogP contribution in [-0.4, -0.2) is 26.0 Å². The zero-order valence-electron chi connectivity index (χ0n) is 13.0. The highest BCUT2D eigenvalue weighted by Crippen LogP contribution is 2.36. The number of hydrogen-bond donors (Lipinski definition) is 3. The van der Waals surface area contributed by atoms with Crippen LogP contribution < -0.4 is 5.56 Å². The van der Waals surface area contributed by atoms with Crippen LogP contribution in [0.3, 0.4) is 0 Å². The molecule has 8 nitrogen and oxygen atoms in total. The first-order valence-electron chi connectivity index (χ1n) is 7.48. The summed E-state index contributed by atoms with van der Waals surface area (Å²) < 4.78 is 0.785. The van der Waals surface area contributed by atoms with Gasteiger partial charge in [-0.05, 0) is 30.3 Å². The molecule has 0 aliphatic heterocycles. The molecule has 1 amide bonds. The van der Waals surface area contributed by atoms with Crippen LogP contribution in [-0.2, 0) is 0 Å². The van der Waals surface area contributed by atoms with Crippen LogP contribution in [0.5, 0.6) is 5.88 Å². The molecule has 26 heavy (non-hydrogen) atoms. The van der Waals surface area contributed by atoms with Gasteiger partial charge in [0.15, 0.2) is 5.69 Å². The molecule has 0 saturated heterocycles. The molecule has 0 radical (unpaired) electrons. The van der Waals surface area contributed by atoms with Gasteiger partial charge in [-0.1, -0.05) is 28.1 Å². The van der Waals surface area contributed by atoms with Crippen molar-refractivity contribution in [1.29, 1.82) is 0 Å². The van der Waals surface area contributed by atoms with E-state index in [1.54, 1.807) is 42.5 Å². The molecule has 0 aliphatic rings. The first-order valence-corrected chi connectivity index (χ1v) is 8.27. The molecule has 2 aromatic carbocycles. The number of fused-ring (bicyclic) bond motifs is 2. The van der Waals surface area contributed by atoms with Gasteiger partial charge in [-0.15, -0.1) is 10.2 Å². The highest BCUT2D eigenvalue weighted by atomic mass is 79.9. The fourth-order valence-corrected chi connectivity index (χ4v) is 2.93. The number of para-hydroxylation sites is 1. The number of carbonyl (C=O) groups is 1. The SMILES string of the molecule is O=C(N=Nc1c(O)[nH]c2ccc(Br)cc12)c1nc2ccccc2c(=O)[nH]1. The van der Waals surface area contributed by atoms with Crippen LogP contribution >= 0.6 is 15.9 Å². The second-order valence-electron chi connectivity index (χ2n) is 5.45. The summed E-state index contributed by atoms with van der Waals surface area (Å²) in [6.07, 6.45) is 0. The van der Waals surface area contributed by atoms with Crippen molar-refractivity contribution < 1.29 is 9.90 Å². The fourth-order valence-electron chi connectivity index (χ4n) is 2.57. The smallest absolute Gasteiger partial charge is 0.331 e. The largest absolute Gasteiger partial charge is 0.493 e. The van der Waals surface area contributed by atoms with E-state index in [1.807, 2.05) is 0 Å². The van der Waals surface area contributed by atoms with Crippen molar-refractivity contribution in [1.82, 2.24) is 15.0 Å². The Morgan fingerprint density at radius 1 is 1.12 bits per heavy atom. The van der Waals surface area contributed by atoms with Crippen LogP contribution in [0.15, 0.2) is 62.0 Å². The van der Waals surface area contributed by atoms with Crippen molar-refractivity contribution in [3.05, 3.63) is 63.1 Å². The van der Waals surface area contributed by atoms with Crippen molar-refractivity contribution in [3.8, 4) is 5.88 Å². The highest BCUT2D eigenvalue weighted by Gasteiger charge is 2.14. The summed E-state index contributed by atoms with van der Waals surface area (Å²) >= 11 is 3.34. The Kier molecular flexibility index (Phi) is 3.85. The first-order chi connectivity index (χ1) is 12.5. The van der Waals surface area contributed by atoms with Crippen molar-refractivity contribution >= 4 is 49.3 Å². The van der Waals surface area contributed by atoms with Gasteiger partial charge in [-0.3, -0.25) is 9.59 Å². The maximum absolute atomic E-state index is 12.3. The van der Waals surface area contributed by atoms with Crippen LogP contribution in [0.2, 0.25) is 0 Å². The van der Waals surface area contributed by atoms with Crippen molar-refractivity contribution in [2.45, 2.75) is 0 Å². The lowest BCUT2D eigenvalue weighted by molar-refractivity contribution is 0.0985. The van der Waals surface area contributed by atoms with E-state index in [0.29, 0.717) is 21.8 Å². The van der Waals surface area contributed by atoms with E-state index in [4.69, 9.17) is 0 Å². The quantitative estimate of drug-likeness (QED) is 0.433. The zero-order chi connectivity index (χ0) is 18.3. The minimum atomic E-state index is -0.823. The lowest BCUT2D eigenvalue weighted by Crippen LogP contribution is -2.14. The van der Waals surface area contributed by atoms with E-state index in [9.17, 15) is 14.7 Å². The number of aromatic nitrogens is 3. The molecule has 4 rings (SSSR count). The molecule has 0 spiro atoms. The Morgan fingerprint density at radius 2 is 1.92 bits per heavy atom. The number of azo groups is 1. The second kappa shape index (κ2) is 6.19. The van der Waals surface area contributed by atoms with E-state index in [0.717, 1.165) is 4.47 Å². The highest BCUT2D eigenvalue weighted by molar-refractivity contribution is 9.10. The Balaban J connectivity index is 1.74. The van der Waals surface area contributed by atoms with E-state index in [-0.39, 0.29) is 17.4 Å². The van der Waals surface area contributed by atoms with E-state index in [2.05, 4.69) is 41.1 Å². The molecule has 0 bridgehead atoms. The van der Waals surface area contributed by atoms with Crippen LogP contribution in [0.1, 0.15) is 10.6 Å². The molecule has 3 N–H and O–H groups in total. The number of hydrogen-bond acceptors (Lipinski definition) is 5. The minimum absolute atomic E-state index is 0.123. The van der Waals surface area contributed by atoms with Crippen LogP contribution in [0.25, 0.3) is 21.8 Å². The molecule has 4 aromatic rings. The van der Waals surface area contributed by atoms with Crippen molar-refractivity contribution in [2.75, 3.05) is 0 Å². The summed E-state index contributed by atoms with van der Waals surface area (Å²) in [5.41, 5.74) is 0.712. The second-order valence-corrected chi connectivity index (χ2v) is 6.36. The van der Waals surface area contributed by atoms with Crippen LogP contribution in [0, 0.1) is 0 Å². The number of amides is 1. The van der Waals surface area contributed by atoms with Gasteiger partial charge in [-0.25, -0.2) is 4.98 Å². The number of carbonyl (C=O) groups excluding carboxylic acids is 1. The number of nitrogens with one attached hydrogen (secondary N) is 2. The number of H-pyrrole nitrogens is 2. The normalized spacial score (nSPS) is 11.6. The Bertz CT molecular complexity index is 1260. The molecule has 0 unspecified atom stereocenters. The van der Waals surface area contributed by atoms with E-state index in [1.165, 1.54) is 0 Å². The number of benzene rings is 2. The van der Waals surface area contributed by atoms with Crippen LogP contribution in [0.4, 0.5) is 5.69 Å². The lowest BCUT2D eigenvalue weighted by atomic mass is 10.2. The maximum Gasteiger partial charge on any atom is 0.331 e. The zero-order valence-corrected chi connectivity index (χ0v) is 14.6. The number of aromatic amines is 2. The molecule has 9 heteroatoms. The summed E-state index contributed by atoms with van der Waals surface area (Å²) in [5.74, 6) is -1.26. The summed E-state index contributed by atoms with van der Waals surface area (Å²) in [6, 6.07) is 11.9. The fraction of sp³-hybridized carbons (Fsp3) is 0. The van der Waals surface area contributed by atoms with Gasteiger partial charge in [0.2, 0.25) is 11.7 Å². The number of aromatic hydroxyl groups is 1. The monoisotopic (exact) mass is 411 g/mol. The third kappa shape index (κ3) is 2.78.